The van der Waals surface area contributed by atoms with Crippen LogP contribution in [-0.2, 0) is 30.5 Å². The molecule has 2 aromatic carbocycles. The maximum Gasteiger partial charge on any atom is 0.224 e. The molecule has 0 atom stereocenters. The third-order valence-electron chi connectivity index (χ3n) is 7.16. The predicted molar refractivity (Wildman–Crippen MR) is 135 cm³/mol. The minimum absolute atomic E-state index is 0. The number of rotatable bonds is 8. The number of carbonyl (C=O) groups excluding carboxylic acids is 1. The first-order chi connectivity index (χ1) is 16.1. The molecule has 1 aliphatic heterocycles. The van der Waals surface area contributed by atoms with E-state index < -0.39 is 0 Å². The Labute approximate surface area is 199 Å². The van der Waals surface area contributed by atoms with Crippen molar-refractivity contribution in [1.82, 2.24) is 10.2 Å². The van der Waals surface area contributed by atoms with E-state index in [4.69, 9.17) is 0 Å². The molecule has 4 heteroatoms. The lowest BCUT2D eigenvalue weighted by Gasteiger charge is -2.33. The molecule has 1 fully saturated rings. The Hall–Kier alpha value is -2.46. The molecule has 1 amide bonds. The Morgan fingerprint density at radius 2 is 1.85 bits per heavy atom. The monoisotopic (exact) mass is 450 g/mol. The largest absolute Gasteiger partial charge is 0.356 e. The average molecular weight is 451 g/mol. The van der Waals surface area contributed by atoms with Gasteiger partial charge < -0.3 is 10.2 Å². The molecule has 0 spiro atoms. The summed E-state index contributed by atoms with van der Waals surface area (Å²) in [5.74, 6) is 0.619. The normalized spacial score (nSPS) is 17.2. The molecular weight excluding hydrogens is 411 g/mol. The van der Waals surface area contributed by atoms with E-state index >= 15 is 0 Å². The number of benzene rings is 2. The minimum Gasteiger partial charge on any atom is -0.356 e. The zero-order chi connectivity index (χ0) is 23.0. The zero-order valence-electron chi connectivity index (χ0n) is 19.9. The standard InChI is InChI=1S/C29H37FN2O.H2/c1-2-15-31-29(33)20-23-6-9-24-4-3-5-26(21-27(24)19-23)25-13-17-32(18-14-25)16-12-22-7-10-28(30)11-8-22;/h5-11,19,25H,2-4,12-18,20-21H2,1H3,(H,31,33);1H. The Morgan fingerprint density at radius 1 is 1.09 bits per heavy atom. The third kappa shape index (κ3) is 6.77. The van der Waals surface area contributed by atoms with E-state index in [1.54, 1.807) is 17.7 Å². The van der Waals surface area contributed by atoms with Gasteiger partial charge in [0.15, 0.2) is 0 Å². The molecule has 1 heterocycles. The number of nitrogens with one attached hydrogen (secondary N) is 1. The van der Waals surface area contributed by atoms with Gasteiger partial charge in [0.1, 0.15) is 5.82 Å². The van der Waals surface area contributed by atoms with Crippen LogP contribution in [0.4, 0.5) is 4.39 Å². The van der Waals surface area contributed by atoms with Crippen LogP contribution in [0.5, 0.6) is 0 Å². The molecule has 33 heavy (non-hydrogen) atoms. The van der Waals surface area contributed by atoms with Crippen LogP contribution in [0.1, 0.15) is 56.3 Å². The number of allylic oxidation sites excluding steroid dienone is 2. The summed E-state index contributed by atoms with van der Waals surface area (Å²) in [6.07, 6.45) is 10.6. The molecule has 0 radical (unpaired) electrons. The topological polar surface area (TPSA) is 32.3 Å². The van der Waals surface area contributed by atoms with Gasteiger partial charge in [0, 0.05) is 14.5 Å². The van der Waals surface area contributed by atoms with Crippen molar-refractivity contribution in [2.24, 2.45) is 5.92 Å². The highest BCUT2D eigenvalue weighted by Crippen LogP contribution is 2.31. The predicted octanol–water partition coefficient (Wildman–Crippen LogP) is 5.51. The van der Waals surface area contributed by atoms with Crippen LogP contribution in [0.3, 0.4) is 0 Å². The maximum atomic E-state index is 13.1. The van der Waals surface area contributed by atoms with Crippen molar-refractivity contribution in [3.63, 3.8) is 0 Å². The SMILES string of the molecule is CCCNC(=O)Cc1ccc2c(c1)CC(C1CCN(CCc3ccc(F)cc3)CC1)=CCC2.[HH]. The van der Waals surface area contributed by atoms with Gasteiger partial charge in [-0.2, -0.15) is 0 Å². The van der Waals surface area contributed by atoms with Gasteiger partial charge in [0.2, 0.25) is 5.91 Å². The summed E-state index contributed by atoms with van der Waals surface area (Å²) in [4.78, 5) is 14.7. The van der Waals surface area contributed by atoms with E-state index in [2.05, 4.69) is 41.4 Å². The van der Waals surface area contributed by atoms with Crippen molar-refractivity contribution in [3.8, 4) is 0 Å². The maximum absolute atomic E-state index is 13.1. The van der Waals surface area contributed by atoms with Gasteiger partial charge in [0.25, 0.3) is 0 Å². The highest BCUT2D eigenvalue weighted by molar-refractivity contribution is 5.78. The lowest BCUT2D eigenvalue weighted by molar-refractivity contribution is -0.120. The first-order valence-electron chi connectivity index (χ1n) is 12.6. The van der Waals surface area contributed by atoms with E-state index in [1.807, 2.05) is 12.1 Å². The first kappa shape index (κ1) is 23.7. The fourth-order valence-corrected chi connectivity index (χ4v) is 5.19. The molecule has 178 valence electrons. The number of fused-ring (bicyclic) bond motifs is 1. The van der Waals surface area contributed by atoms with E-state index in [9.17, 15) is 9.18 Å². The smallest absolute Gasteiger partial charge is 0.224 e. The van der Waals surface area contributed by atoms with E-state index in [1.165, 1.54) is 29.5 Å². The Morgan fingerprint density at radius 3 is 2.61 bits per heavy atom. The van der Waals surface area contributed by atoms with Gasteiger partial charge in [-0.15, -0.1) is 0 Å². The lowest BCUT2D eigenvalue weighted by atomic mass is 9.85. The van der Waals surface area contributed by atoms with Gasteiger partial charge in [-0.1, -0.05) is 48.9 Å². The van der Waals surface area contributed by atoms with Gasteiger partial charge in [-0.3, -0.25) is 4.79 Å². The molecule has 1 saturated heterocycles. The fourth-order valence-electron chi connectivity index (χ4n) is 5.19. The number of hydrogen-bond acceptors (Lipinski definition) is 2. The van der Waals surface area contributed by atoms with Crippen LogP contribution in [-0.4, -0.2) is 37.0 Å². The van der Waals surface area contributed by atoms with Crippen LogP contribution in [0, 0.1) is 11.7 Å². The molecule has 0 saturated carbocycles. The van der Waals surface area contributed by atoms with Crippen LogP contribution < -0.4 is 5.32 Å². The summed E-state index contributed by atoms with van der Waals surface area (Å²) in [7, 11) is 0. The second kappa shape index (κ2) is 11.6. The van der Waals surface area contributed by atoms with Crippen molar-refractivity contribution in [1.29, 1.82) is 0 Å². The van der Waals surface area contributed by atoms with E-state index in [-0.39, 0.29) is 13.2 Å². The molecule has 0 bridgehead atoms. The molecular formula is C29H39FN2O. The Kier molecular flexibility index (Phi) is 8.33. The van der Waals surface area contributed by atoms with Gasteiger partial charge in [0.05, 0.1) is 6.42 Å². The number of carbonyl (C=O) groups is 1. The number of aryl methyl sites for hydroxylation is 1. The van der Waals surface area contributed by atoms with E-state index in [0.29, 0.717) is 12.3 Å². The Balaban J connectivity index is 0.00000324. The second-order valence-electron chi connectivity index (χ2n) is 9.62. The molecule has 2 aromatic rings. The van der Waals surface area contributed by atoms with Crippen molar-refractivity contribution < 1.29 is 10.6 Å². The van der Waals surface area contributed by atoms with Crippen molar-refractivity contribution >= 4 is 5.91 Å². The lowest BCUT2D eigenvalue weighted by Crippen LogP contribution is -2.35. The zero-order valence-corrected chi connectivity index (χ0v) is 19.9. The molecule has 1 N–H and O–H groups in total. The quantitative estimate of drug-likeness (QED) is 0.538. The minimum atomic E-state index is -0.162. The Bertz CT molecular complexity index is 965. The van der Waals surface area contributed by atoms with E-state index in [0.717, 1.165) is 63.8 Å². The number of halogens is 1. The number of nitrogens with zero attached hydrogens (tertiary/aromatic N) is 1. The average Bonchev–Trinajstić information content (AvgIpc) is 3.05. The highest BCUT2D eigenvalue weighted by atomic mass is 19.1. The second-order valence-corrected chi connectivity index (χ2v) is 9.62. The van der Waals surface area contributed by atoms with Crippen LogP contribution in [0.15, 0.2) is 54.1 Å². The molecule has 3 nitrogen and oxygen atoms in total. The highest BCUT2D eigenvalue weighted by Gasteiger charge is 2.24. The van der Waals surface area contributed by atoms with Gasteiger partial charge in [-0.25, -0.2) is 4.39 Å². The fraction of sp³-hybridized carbons (Fsp3) is 0.483. The molecule has 1 aliphatic carbocycles. The third-order valence-corrected chi connectivity index (χ3v) is 7.16. The molecule has 0 aromatic heterocycles. The first-order valence-corrected chi connectivity index (χ1v) is 12.6. The molecule has 0 unspecified atom stereocenters. The number of likely N-dealkylation sites (tertiary alicyclic amines) is 1. The van der Waals surface area contributed by atoms with Crippen molar-refractivity contribution in [3.05, 3.63) is 82.2 Å². The molecule has 2 aliphatic rings. The summed E-state index contributed by atoms with van der Waals surface area (Å²) in [6, 6.07) is 13.6. The number of hydrogen-bond donors (Lipinski definition) is 1. The summed E-state index contributed by atoms with van der Waals surface area (Å²) in [5.41, 5.74) is 6.79. The number of piperidine rings is 1. The van der Waals surface area contributed by atoms with Crippen LogP contribution >= 0.6 is 0 Å². The molecule has 4 rings (SSSR count). The van der Waals surface area contributed by atoms with Gasteiger partial charge in [-0.05, 0) is 98.3 Å². The summed E-state index contributed by atoms with van der Waals surface area (Å²) in [5, 5.41) is 2.99. The van der Waals surface area contributed by atoms with Crippen molar-refractivity contribution in [2.45, 2.75) is 58.3 Å². The van der Waals surface area contributed by atoms with Crippen molar-refractivity contribution in [2.75, 3.05) is 26.2 Å². The number of amides is 1. The summed E-state index contributed by atoms with van der Waals surface area (Å²) >= 11 is 0. The summed E-state index contributed by atoms with van der Waals surface area (Å²) < 4.78 is 13.1. The van der Waals surface area contributed by atoms with Crippen LogP contribution in [0.2, 0.25) is 0 Å². The van der Waals surface area contributed by atoms with Gasteiger partial charge >= 0.3 is 0 Å². The summed E-state index contributed by atoms with van der Waals surface area (Å²) in [6.45, 7) is 6.14. The van der Waals surface area contributed by atoms with Crippen LogP contribution in [0.25, 0.3) is 0 Å².